The van der Waals surface area contributed by atoms with Crippen molar-refractivity contribution in [3.05, 3.63) is 52.0 Å². The van der Waals surface area contributed by atoms with Crippen LogP contribution in [0.5, 0.6) is 0 Å². The summed E-state index contributed by atoms with van der Waals surface area (Å²) < 4.78 is 0. The summed E-state index contributed by atoms with van der Waals surface area (Å²) in [6.07, 6.45) is 0.311. The number of hydrogen-bond acceptors (Lipinski definition) is 5. The van der Waals surface area contributed by atoms with E-state index in [1.807, 2.05) is 29.8 Å². The van der Waals surface area contributed by atoms with Gasteiger partial charge in [-0.05, 0) is 18.2 Å². The van der Waals surface area contributed by atoms with Crippen LogP contribution in [0.1, 0.15) is 16.8 Å². The van der Waals surface area contributed by atoms with E-state index in [4.69, 9.17) is 5.84 Å². The summed E-state index contributed by atoms with van der Waals surface area (Å²) in [4.78, 5) is 17.7. The van der Waals surface area contributed by atoms with Crippen molar-refractivity contribution in [2.75, 3.05) is 7.05 Å². The number of amides is 1. The summed E-state index contributed by atoms with van der Waals surface area (Å²) >= 11 is 1.61. The largest absolute Gasteiger partial charge is 0.296 e. The van der Waals surface area contributed by atoms with E-state index in [1.54, 1.807) is 11.3 Å². The van der Waals surface area contributed by atoms with Crippen LogP contribution < -0.4 is 11.3 Å². The maximum Gasteiger partial charge on any atom is 0.238 e. The molecule has 0 spiro atoms. The van der Waals surface area contributed by atoms with Gasteiger partial charge in [0.2, 0.25) is 5.91 Å². The first-order chi connectivity index (χ1) is 9.67. The third-order valence-electron chi connectivity index (χ3n) is 2.92. The Balaban J connectivity index is 1.88. The Labute approximate surface area is 122 Å². The van der Waals surface area contributed by atoms with E-state index in [0.29, 0.717) is 6.42 Å². The van der Waals surface area contributed by atoms with Crippen molar-refractivity contribution in [1.82, 2.24) is 15.3 Å². The Morgan fingerprint density at radius 1 is 1.30 bits per heavy atom. The number of hydrogen-bond donors (Lipinski definition) is 2. The number of carbonyl (C=O) groups excluding carboxylic acids is 1. The Morgan fingerprint density at radius 3 is 2.60 bits per heavy atom. The Hall–Kier alpha value is -1.76. The zero-order valence-electron chi connectivity index (χ0n) is 11.4. The van der Waals surface area contributed by atoms with Gasteiger partial charge in [0, 0.05) is 18.5 Å². The van der Waals surface area contributed by atoms with Gasteiger partial charge in [0.1, 0.15) is 0 Å². The molecule has 106 valence electrons. The molecule has 2 rings (SSSR count). The van der Waals surface area contributed by atoms with Crippen molar-refractivity contribution in [2.45, 2.75) is 19.5 Å². The highest BCUT2D eigenvalue weighted by molar-refractivity contribution is 7.07. The molecule has 1 aromatic heterocycles. The van der Waals surface area contributed by atoms with Crippen molar-refractivity contribution in [1.29, 1.82) is 0 Å². The normalized spacial score (nSPS) is 10.8. The van der Waals surface area contributed by atoms with Crippen LogP contribution in [0.3, 0.4) is 0 Å². The first kappa shape index (κ1) is 14.6. The van der Waals surface area contributed by atoms with E-state index in [-0.39, 0.29) is 5.91 Å². The minimum absolute atomic E-state index is 0.182. The third-order valence-corrected chi connectivity index (χ3v) is 3.55. The summed E-state index contributed by atoms with van der Waals surface area (Å²) in [6, 6.07) is 8.00. The fourth-order valence-corrected chi connectivity index (χ4v) is 2.51. The average Bonchev–Trinajstić information content (AvgIpc) is 2.93. The molecule has 1 amide bonds. The van der Waals surface area contributed by atoms with Crippen molar-refractivity contribution in [2.24, 2.45) is 5.84 Å². The minimum atomic E-state index is -0.182. The average molecular weight is 290 g/mol. The predicted octanol–water partition coefficient (Wildman–Crippen LogP) is 1.31. The van der Waals surface area contributed by atoms with Crippen LogP contribution in [0.25, 0.3) is 0 Å². The second-order valence-electron chi connectivity index (χ2n) is 4.71. The van der Waals surface area contributed by atoms with Crippen molar-refractivity contribution in [3.63, 3.8) is 0 Å². The highest BCUT2D eigenvalue weighted by Crippen LogP contribution is 2.10. The zero-order valence-corrected chi connectivity index (χ0v) is 12.2. The molecule has 0 saturated heterocycles. The maximum atomic E-state index is 11.2. The number of aromatic nitrogens is 1. The van der Waals surface area contributed by atoms with Crippen molar-refractivity contribution in [3.8, 4) is 0 Å². The number of nitrogens with one attached hydrogen (secondary N) is 1. The lowest BCUT2D eigenvalue weighted by Crippen LogP contribution is -2.31. The molecule has 0 aliphatic rings. The summed E-state index contributed by atoms with van der Waals surface area (Å²) in [5, 5.41) is 2.06. The van der Waals surface area contributed by atoms with Crippen LogP contribution in [0, 0.1) is 0 Å². The summed E-state index contributed by atoms with van der Waals surface area (Å²) in [6.45, 7) is 1.68. The second kappa shape index (κ2) is 7.14. The number of benzene rings is 1. The molecule has 0 atom stereocenters. The first-order valence-electron chi connectivity index (χ1n) is 6.30. The van der Waals surface area contributed by atoms with E-state index in [0.717, 1.165) is 24.3 Å². The molecule has 0 aliphatic carbocycles. The molecule has 0 aliphatic heterocycles. The van der Waals surface area contributed by atoms with E-state index < -0.39 is 0 Å². The molecule has 0 radical (unpaired) electrons. The fourth-order valence-electron chi connectivity index (χ4n) is 1.96. The van der Waals surface area contributed by atoms with Crippen LogP contribution in [0.15, 0.2) is 35.2 Å². The maximum absolute atomic E-state index is 11.2. The highest BCUT2D eigenvalue weighted by atomic mass is 32.1. The van der Waals surface area contributed by atoms with Crippen LogP contribution in [-0.2, 0) is 24.3 Å². The van der Waals surface area contributed by atoms with Gasteiger partial charge in [0.25, 0.3) is 0 Å². The van der Waals surface area contributed by atoms with E-state index in [9.17, 15) is 4.79 Å². The molecule has 5 nitrogen and oxygen atoms in total. The van der Waals surface area contributed by atoms with Crippen molar-refractivity contribution < 1.29 is 4.79 Å². The van der Waals surface area contributed by atoms with Gasteiger partial charge in [-0.1, -0.05) is 24.3 Å². The summed E-state index contributed by atoms with van der Waals surface area (Å²) in [7, 11) is 2.06. The third kappa shape index (κ3) is 4.41. The Morgan fingerprint density at radius 2 is 2.00 bits per heavy atom. The Bertz CT molecular complexity index is 539. The van der Waals surface area contributed by atoms with E-state index in [1.165, 1.54) is 5.56 Å². The Kier molecular flexibility index (Phi) is 5.23. The number of thiazole rings is 1. The predicted molar refractivity (Wildman–Crippen MR) is 79.8 cm³/mol. The number of rotatable bonds is 6. The molecule has 0 unspecified atom stereocenters. The standard InChI is InChI=1S/C14H18N4OS/c1-18(8-13-9-20-10-16-13)7-12-4-2-11(3-5-12)6-14(19)17-15/h2-5,9-10H,6-8,15H2,1H3,(H,17,19). The smallest absolute Gasteiger partial charge is 0.238 e. The SMILES string of the molecule is CN(Cc1ccc(CC(=O)NN)cc1)Cc1cscn1. The van der Waals surface area contributed by atoms with Crippen LogP contribution in [0.2, 0.25) is 0 Å². The van der Waals surface area contributed by atoms with Crippen LogP contribution in [0.4, 0.5) is 0 Å². The van der Waals surface area contributed by atoms with Gasteiger partial charge in [0.05, 0.1) is 17.6 Å². The zero-order chi connectivity index (χ0) is 14.4. The van der Waals surface area contributed by atoms with E-state index >= 15 is 0 Å². The van der Waals surface area contributed by atoms with Gasteiger partial charge >= 0.3 is 0 Å². The molecule has 1 heterocycles. The monoisotopic (exact) mass is 290 g/mol. The molecule has 6 heteroatoms. The fraction of sp³-hybridized carbons (Fsp3) is 0.286. The van der Waals surface area contributed by atoms with Gasteiger partial charge in [0.15, 0.2) is 0 Å². The molecule has 0 saturated carbocycles. The topological polar surface area (TPSA) is 71.2 Å². The van der Waals surface area contributed by atoms with E-state index in [2.05, 4.69) is 27.7 Å². The first-order valence-corrected chi connectivity index (χ1v) is 7.24. The quantitative estimate of drug-likeness (QED) is 0.478. The molecule has 0 bridgehead atoms. The van der Waals surface area contributed by atoms with Crippen LogP contribution >= 0.6 is 11.3 Å². The molecule has 0 fully saturated rings. The lowest BCUT2D eigenvalue weighted by molar-refractivity contribution is -0.120. The minimum Gasteiger partial charge on any atom is -0.296 e. The van der Waals surface area contributed by atoms with Gasteiger partial charge in [-0.25, -0.2) is 10.8 Å². The van der Waals surface area contributed by atoms with Gasteiger partial charge in [-0.2, -0.15) is 0 Å². The lowest BCUT2D eigenvalue weighted by Gasteiger charge is -2.15. The summed E-state index contributed by atoms with van der Waals surface area (Å²) in [5.41, 5.74) is 7.24. The number of nitrogens with two attached hydrogens (primary N) is 1. The molecular formula is C14H18N4OS. The second-order valence-corrected chi connectivity index (χ2v) is 5.43. The van der Waals surface area contributed by atoms with Gasteiger partial charge in [-0.15, -0.1) is 11.3 Å². The number of carbonyl (C=O) groups is 1. The number of nitrogens with zero attached hydrogens (tertiary/aromatic N) is 2. The number of hydrazine groups is 1. The lowest BCUT2D eigenvalue weighted by atomic mass is 10.1. The summed E-state index contributed by atoms with van der Waals surface area (Å²) in [5.74, 6) is 4.89. The van der Waals surface area contributed by atoms with Gasteiger partial charge < -0.3 is 0 Å². The molecule has 3 N–H and O–H groups in total. The molecular weight excluding hydrogens is 272 g/mol. The molecule has 1 aromatic carbocycles. The molecule has 2 aromatic rings. The van der Waals surface area contributed by atoms with Crippen molar-refractivity contribution >= 4 is 17.2 Å². The van der Waals surface area contributed by atoms with Crippen LogP contribution in [-0.4, -0.2) is 22.8 Å². The highest BCUT2D eigenvalue weighted by Gasteiger charge is 2.05. The molecule has 20 heavy (non-hydrogen) atoms. The van der Waals surface area contributed by atoms with Gasteiger partial charge in [-0.3, -0.25) is 15.1 Å².